The van der Waals surface area contributed by atoms with Gasteiger partial charge in [0.1, 0.15) is 4.21 Å². The van der Waals surface area contributed by atoms with E-state index in [0.717, 1.165) is 24.2 Å². The second-order valence-corrected chi connectivity index (χ2v) is 7.51. The zero-order chi connectivity index (χ0) is 13.9. The fourth-order valence-corrected chi connectivity index (χ4v) is 3.69. The molecule has 0 aromatic carbocycles. The Kier molecular flexibility index (Phi) is 4.24. The quantitative estimate of drug-likeness (QED) is 0.663. The Morgan fingerprint density at radius 2 is 2.21 bits per heavy atom. The van der Waals surface area contributed by atoms with E-state index in [-0.39, 0.29) is 29.7 Å². The molecule has 0 radical (unpaired) electrons. The van der Waals surface area contributed by atoms with Crippen LogP contribution < -0.4 is 10.0 Å². The molecule has 19 heavy (non-hydrogen) atoms. The van der Waals surface area contributed by atoms with Crippen LogP contribution >= 0.6 is 11.3 Å². The van der Waals surface area contributed by atoms with Crippen LogP contribution in [0.5, 0.6) is 0 Å². The first-order chi connectivity index (χ1) is 8.97. The van der Waals surface area contributed by atoms with E-state index >= 15 is 0 Å². The van der Waals surface area contributed by atoms with Gasteiger partial charge in [0.15, 0.2) is 0 Å². The van der Waals surface area contributed by atoms with Crippen LogP contribution in [0.25, 0.3) is 0 Å². The van der Waals surface area contributed by atoms with Gasteiger partial charge in [0.25, 0.3) is 0 Å². The molecular formula is C11H16N2O4S2. The maximum absolute atomic E-state index is 11.8. The van der Waals surface area contributed by atoms with Crippen molar-refractivity contribution in [2.45, 2.75) is 29.0 Å². The second kappa shape index (κ2) is 5.58. The number of amides is 1. The number of carbonyl (C=O) groups is 1. The third-order valence-corrected chi connectivity index (χ3v) is 5.82. The smallest absolute Gasteiger partial charge is 0.250 e. The summed E-state index contributed by atoms with van der Waals surface area (Å²) in [5, 5.41) is 13.5. The SMILES string of the molecule is O=C(CCNS(=O)(=O)c1cccs1)NC1(CO)CC1. The summed E-state index contributed by atoms with van der Waals surface area (Å²) >= 11 is 1.13. The molecule has 106 valence electrons. The molecule has 0 bridgehead atoms. The van der Waals surface area contributed by atoms with Gasteiger partial charge in [0, 0.05) is 13.0 Å². The zero-order valence-electron chi connectivity index (χ0n) is 10.3. The van der Waals surface area contributed by atoms with Crippen molar-refractivity contribution in [3.63, 3.8) is 0 Å². The van der Waals surface area contributed by atoms with Crippen LogP contribution in [0.3, 0.4) is 0 Å². The predicted octanol–water partition coefficient (Wildman–Crippen LogP) is 0.0576. The molecule has 1 fully saturated rings. The highest BCUT2D eigenvalue weighted by Gasteiger charge is 2.43. The Morgan fingerprint density at radius 3 is 2.74 bits per heavy atom. The molecule has 0 spiro atoms. The number of nitrogens with one attached hydrogen (secondary N) is 2. The number of hydrogen-bond donors (Lipinski definition) is 3. The van der Waals surface area contributed by atoms with Crippen LogP contribution in [-0.2, 0) is 14.8 Å². The molecule has 1 aliphatic carbocycles. The van der Waals surface area contributed by atoms with Crippen LogP contribution in [0.1, 0.15) is 19.3 Å². The molecule has 0 aliphatic heterocycles. The largest absolute Gasteiger partial charge is 0.394 e. The Balaban J connectivity index is 1.76. The molecule has 1 aromatic heterocycles. The van der Waals surface area contributed by atoms with Gasteiger partial charge in [-0.2, -0.15) is 0 Å². The van der Waals surface area contributed by atoms with E-state index in [1.807, 2.05) is 0 Å². The van der Waals surface area contributed by atoms with E-state index in [2.05, 4.69) is 10.0 Å². The lowest BCUT2D eigenvalue weighted by atomic mass is 10.2. The molecule has 0 atom stereocenters. The van der Waals surface area contributed by atoms with Crippen molar-refractivity contribution in [1.29, 1.82) is 0 Å². The van der Waals surface area contributed by atoms with Crippen LogP contribution in [0, 0.1) is 0 Å². The molecule has 1 aliphatic rings. The first kappa shape index (κ1) is 14.4. The van der Waals surface area contributed by atoms with Crippen LogP contribution in [0.4, 0.5) is 0 Å². The zero-order valence-corrected chi connectivity index (χ0v) is 11.9. The highest BCUT2D eigenvalue weighted by Crippen LogP contribution is 2.34. The van der Waals surface area contributed by atoms with Gasteiger partial charge in [0.2, 0.25) is 15.9 Å². The molecule has 8 heteroatoms. The van der Waals surface area contributed by atoms with Crippen molar-refractivity contribution in [3.05, 3.63) is 17.5 Å². The highest BCUT2D eigenvalue weighted by atomic mass is 32.2. The number of carbonyl (C=O) groups excluding carboxylic acids is 1. The number of hydrogen-bond acceptors (Lipinski definition) is 5. The maximum atomic E-state index is 11.8. The highest BCUT2D eigenvalue weighted by molar-refractivity contribution is 7.91. The Morgan fingerprint density at radius 1 is 1.47 bits per heavy atom. The average molecular weight is 304 g/mol. The predicted molar refractivity (Wildman–Crippen MR) is 71.3 cm³/mol. The molecule has 6 nitrogen and oxygen atoms in total. The van der Waals surface area contributed by atoms with Gasteiger partial charge in [0.05, 0.1) is 12.1 Å². The van der Waals surface area contributed by atoms with Crippen molar-refractivity contribution in [2.75, 3.05) is 13.2 Å². The minimum Gasteiger partial charge on any atom is -0.394 e. The van der Waals surface area contributed by atoms with Gasteiger partial charge in [-0.05, 0) is 24.3 Å². The monoisotopic (exact) mass is 304 g/mol. The van der Waals surface area contributed by atoms with E-state index < -0.39 is 15.6 Å². The lowest BCUT2D eigenvalue weighted by Crippen LogP contribution is -2.41. The number of sulfonamides is 1. The number of rotatable bonds is 7. The lowest BCUT2D eigenvalue weighted by Gasteiger charge is -2.14. The van der Waals surface area contributed by atoms with Crippen molar-refractivity contribution in [1.82, 2.24) is 10.0 Å². The van der Waals surface area contributed by atoms with Gasteiger partial charge in [-0.25, -0.2) is 13.1 Å². The second-order valence-electron chi connectivity index (χ2n) is 4.57. The van der Waals surface area contributed by atoms with Gasteiger partial charge >= 0.3 is 0 Å². The van der Waals surface area contributed by atoms with E-state index in [9.17, 15) is 13.2 Å². The molecule has 0 unspecified atom stereocenters. The molecule has 3 N–H and O–H groups in total. The molecule has 2 rings (SSSR count). The fraction of sp³-hybridized carbons (Fsp3) is 0.545. The first-order valence-corrected chi connectivity index (χ1v) is 8.29. The van der Waals surface area contributed by atoms with E-state index in [1.54, 1.807) is 11.4 Å². The molecule has 1 aromatic rings. The molecular weight excluding hydrogens is 288 g/mol. The van der Waals surface area contributed by atoms with Crippen molar-refractivity contribution in [3.8, 4) is 0 Å². The number of aliphatic hydroxyl groups is 1. The molecule has 1 heterocycles. The van der Waals surface area contributed by atoms with Crippen molar-refractivity contribution < 1.29 is 18.3 Å². The minimum absolute atomic E-state index is 0.0492. The summed E-state index contributed by atoms with van der Waals surface area (Å²) in [6.45, 7) is -0.0206. The molecule has 1 saturated carbocycles. The summed E-state index contributed by atoms with van der Waals surface area (Å²) in [7, 11) is -3.51. The van der Waals surface area contributed by atoms with Crippen LogP contribution in [-0.4, -0.2) is 38.1 Å². The Hall–Kier alpha value is -0.960. The average Bonchev–Trinajstić information content (AvgIpc) is 2.91. The summed E-state index contributed by atoms with van der Waals surface area (Å²) in [4.78, 5) is 11.6. The van der Waals surface area contributed by atoms with Gasteiger partial charge in [-0.1, -0.05) is 6.07 Å². The molecule has 0 saturated heterocycles. The normalized spacial score (nSPS) is 17.1. The lowest BCUT2D eigenvalue weighted by molar-refractivity contribution is -0.122. The van der Waals surface area contributed by atoms with Crippen LogP contribution in [0.15, 0.2) is 21.7 Å². The van der Waals surface area contributed by atoms with Crippen molar-refractivity contribution >= 4 is 27.3 Å². The summed E-state index contributed by atoms with van der Waals surface area (Å²) in [6, 6.07) is 3.17. The summed E-state index contributed by atoms with van der Waals surface area (Å²) in [5.74, 6) is -0.250. The summed E-state index contributed by atoms with van der Waals surface area (Å²) < 4.78 is 26.1. The number of aliphatic hydroxyl groups excluding tert-OH is 1. The topological polar surface area (TPSA) is 95.5 Å². The van der Waals surface area contributed by atoms with Crippen LogP contribution in [0.2, 0.25) is 0 Å². The van der Waals surface area contributed by atoms with E-state index in [4.69, 9.17) is 5.11 Å². The van der Waals surface area contributed by atoms with Crippen molar-refractivity contribution in [2.24, 2.45) is 0 Å². The minimum atomic E-state index is -3.51. The third kappa shape index (κ3) is 3.75. The number of thiophene rings is 1. The standard InChI is InChI=1S/C11H16N2O4S2/c14-8-11(4-5-11)13-9(15)3-6-12-19(16,17)10-2-1-7-18-10/h1-2,7,12,14H,3-6,8H2,(H,13,15). The maximum Gasteiger partial charge on any atom is 0.250 e. The fourth-order valence-electron chi connectivity index (χ4n) is 1.62. The van der Waals surface area contributed by atoms with E-state index in [1.165, 1.54) is 6.07 Å². The van der Waals surface area contributed by atoms with Gasteiger partial charge in [-0.3, -0.25) is 4.79 Å². The van der Waals surface area contributed by atoms with E-state index in [0.29, 0.717) is 0 Å². The summed E-state index contributed by atoms with van der Waals surface area (Å²) in [6.07, 6.45) is 1.61. The molecule has 1 amide bonds. The third-order valence-electron chi connectivity index (χ3n) is 2.96. The Labute approximate surface area is 115 Å². The van der Waals surface area contributed by atoms with Gasteiger partial charge in [-0.15, -0.1) is 11.3 Å². The summed E-state index contributed by atoms with van der Waals surface area (Å²) in [5.41, 5.74) is -0.455. The Bertz CT molecular complexity index is 535. The first-order valence-electron chi connectivity index (χ1n) is 5.92. The van der Waals surface area contributed by atoms with Gasteiger partial charge < -0.3 is 10.4 Å².